The highest BCUT2D eigenvalue weighted by molar-refractivity contribution is 5.82. The van der Waals surface area contributed by atoms with Crippen LogP contribution in [0.4, 0.5) is 13.2 Å². The molecule has 0 aromatic heterocycles. The first-order valence-electron chi connectivity index (χ1n) is 7.34. The number of halogens is 3. The minimum atomic E-state index is -0.405. The molecule has 1 aliphatic rings. The van der Waals surface area contributed by atoms with Crippen molar-refractivity contribution in [3.05, 3.63) is 94.8 Å². The monoisotopic (exact) mass is 312 g/mol. The van der Waals surface area contributed by atoms with Crippen molar-refractivity contribution in [2.75, 3.05) is 0 Å². The second-order valence-electron chi connectivity index (χ2n) is 5.50. The van der Waals surface area contributed by atoms with Crippen molar-refractivity contribution in [2.45, 2.75) is 13.3 Å². The molecule has 0 bridgehead atoms. The van der Waals surface area contributed by atoms with Crippen LogP contribution in [-0.4, -0.2) is 0 Å². The third-order valence-corrected chi connectivity index (χ3v) is 3.89. The van der Waals surface area contributed by atoms with Crippen LogP contribution in [0.5, 0.6) is 0 Å². The number of benzene rings is 2. The van der Waals surface area contributed by atoms with Crippen LogP contribution < -0.4 is 0 Å². The van der Waals surface area contributed by atoms with E-state index < -0.39 is 5.83 Å². The molecule has 0 spiro atoms. The van der Waals surface area contributed by atoms with Gasteiger partial charge in [0.15, 0.2) is 0 Å². The van der Waals surface area contributed by atoms with E-state index in [1.165, 1.54) is 24.3 Å². The van der Waals surface area contributed by atoms with Gasteiger partial charge in [-0.2, -0.15) is 0 Å². The molecule has 3 rings (SSSR count). The minimum absolute atomic E-state index is 0.334. The van der Waals surface area contributed by atoms with Gasteiger partial charge in [-0.25, -0.2) is 13.2 Å². The molecule has 0 unspecified atom stereocenters. The van der Waals surface area contributed by atoms with Gasteiger partial charge in [-0.05, 0) is 65.5 Å². The quantitative estimate of drug-likeness (QED) is 0.638. The molecule has 0 atom stereocenters. The molecule has 2 aromatic rings. The van der Waals surface area contributed by atoms with Crippen LogP contribution in [0, 0.1) is 18.6 Å². The van der Waals surface area contributed by atoms with Gasteiger partial charge in [0.2, 0.25) is 0 Å². The Morgan fingerprint density at radius 1 is 0.870 bits per heavy atom. The summed E-state index contributed by atoms with van der Waals surface area (Å²) >= 11 is 0. The fraction of sp³-hybridized carbons (Fsp3) is 0.100. The smallest absolute Gasteiger partial charge is 0.127 e. The summed E-state index contributed by atoms with van der Waals surface area (Å²) in [7, 11) is 0. The van der Waals surface area contributed by atoms with Crippen molar-refractivity contribution >= 4 is 11.1 Å². The topological polar surface area (TPSA) is 0 Å². The van der Waals surface area contributed by atoms with Crippen molar-refractivity contribution in [3.8, 4) is 0 Å². The lowest BCUT2D eigenvalue weighted by molar-refractivity contribution is 0.617. The SMILES string of the molecule is Cc1ccc(C2=C(F)C=C(c3ccc(F)cc3)C=CC2)cc1F. The molecule has 0 saturated carbocycles. The summed E-state index contributed by atoms with van der Waals surface area (Å²) in [5.74, 6) is -1.09. The molecule has 1 aliphatic carbocycles. The lowest BCUT2D eigenvalue weighted by Gasteiger charge is -2.07. The van der Waals surface area contributed by atoms with Crippen LogP contribution in [0.25, 0.3) is 11.1 Å². The van der Waals surface area contributed by atoms with E-state index in [0.29, 0.717) is 28.7 Å². The normalized spacial score (nSPS) is 14.7. The van der Waals surface area contributed by atoms with Gasteiger partial charge in [-0.3, -0.25) is 0 Å². The molecule has 116 valence electrons. The molecule has 3 heteroatoms. The molecule has 0 aliphatic heterocycles. The molecule has 0 nitrogen and oxygen atoms in total. The number of hydrogen-bond donors (Lipinski definition) is 0. The lowest BCUT2D eigenvalue weighted by Crippen LogP contribution is -1.90. The van der Waals surface area contributed by atoms with E-state index in [2.05, 4.69) is 0 Å². The average molecular weight is 312 g/mol. The van der Waals surface area contributed by atoms with Crippen molar-refractivity contribution in [3.63, 3.8) is 0 Å². The molecule has 0 saturated heterocycles. The van der Waals surface area contributed by atoms with Gasteiger partial charge < -0.3 is 0 Å². The van der Waals surface area contributed by atoms with Gasteiger partial charge in [0, 0.05) is 0 Å². The lowest BCUT2D eigenvalue weighted by atomic mass is 10.0. The molecule has 0 N–H and O–H groups in total. The van der Waals surface area contributed by atoms with Gasteiger partial charge >= 0.3 is 0 Å². The van der Waals surface area contributed by atoms with Crippen molar-refractivity contribution in [2.24, 2.45) is 0 Å². The summed E-state index contributed by atoms with van der Waals surface area (Å²) in [6.07, 6.45) is 5.40. The van der Waals surface area contributed by atoms with E-state index >= 15 is 0 Å². The van der Waals surface area contributed by atoms with Crippen LogP contribution in [0.1, 0.15) is 23.1 Å². The Labute approximate surface area is 133 Å². The molecular formula is C20H15F3. The second kappa shape index (κ2) is 6.29. The maximum absolute atomic E-state index is 14.6. The molecule has 0 fully saturated rings. The van der Waals surface area contributed by atoms with Crippen molar-refractivity contribution in [1.29, 1.82) is 0 Å². The fourth-order valence-electron chi connectivity index (χ4n) is 2.53. The Morgan fingerprint density at radius 3 is 2.26 bits per heavy atom. The standard InChI is InChI=1S/C20H15F3/c1-13-5-6-16(12-19(13)22)18-4-2-3-15(11-20(18)23)14-7-9-17(21)10-8-14/h2-3,5-12H,4H2,1H3. The van der Waals surface area contributed by atoms with E-state index in [-0.39, 0.29) is 11.6 Å². The molecule has 0 radical (unpaired) electrons. The highest BCUT2D eigenvalue weighted by atomic mass is 19.1. The second-order valence-corrected chi connectivity index (χ2v) is 5.50. The predicted molar refractivity (Wildman–Crippen MR) is 87.3 cm³/mol. The highest BCUT2D eigenvalue weighted by Gasteiger charge is 2.12. The third-order valence-electron chi connectivity index (χ3n) is 3.89. The van der Waals surface area contributed by atoms with Gasteiger partial charge in [0.05, 0.1) is 0 Å². The van der Waals surface area contributed by atoms with Crippen LogP contribution in [0.15, 0.2) is 66.5 Å². The van der Waals surface area contributed by atoms with E-state index in [1.807, 2.05) is 6.08 Å². The zero-order valence-corrected chi connectivity index (χ0v) is 12.6. The number of rotatable bonds is 2. The fourth-order valence-corrected chi connectivity index (χ4v) is 2.53. The average Bonchev–Trinajstić information content (AvgIpc) is 2.73. The first-order chi connectivity index (χ1) is 11.0. The predicted octanol–water partition coefficient (Wildman–Crippen LogP) is 6.00. The first kappa shape index (κ1) is 15.3. The summed E-state index contributed by atoms with van der Waals surface area (Å²) in [6, 6.07) is 10.6. The Balaban J connectivity index is 2.02. The van der Waals surface area contributed by atoms with Crippen molar-refractivity contribution < 1.29 is 13.2 Å². The maximum Gasteiger partial charge on any atom is 0.127 e. The summed E-state index contributed by atoms with van der Waals surface area (Å²) in [4.78, 5) is 0. The molecule has 2 aromatic carbocycles. The molecule has 0 heterocycles. The largest absolute Gasteiger partial charge is 0.207 e. The zero-order valence-electron chi connectivity index (χ0n) is 12.6. The van der Waals surface area contributed by atoms with Gasteiger partial charge in [0.1, 0.15) is 17.5 Å². The Kier molecular flexibility index (Phi) is 4.20. The van der Waals surface area contributed by atoms with E-state index in [4.69, 9.17) is 0 Å². The zero-order chi connectivity index (χ0) is 16.4. The Bertz CT molecular complexity index is 824. The highest BCUT2D eigenvalue weighted by Crippen LogP contribution is 2.31. The maximum atomic E-state index is 14.6. The summed E-state index contributed by atoms with van der Waals surface area (Å²) in [6.45, 7) is 1.67. The van der Waals surface area contributed by atoms with Crippen LogP contribution in [-0.2, 0) is 0 Å². The summed E-state index contributed by atoms with van der Waals surface area (Å²) in [5, 5.41) is 0. The number of hydrogen-bond acceptors (Lipinski definition) is 0. The first-order valence-corrected chi connectivity index (χ1v) is 7.34. The van der Waals surface area contributed by atoms with Gasteiger partial charge in [-0.1, -0.05) is 36.4 Å². The number of allylic oxidation sites excluding steroid dienone is 6. The molecular weight excluding hydrogens is 297 g/mol. The third kappa shape index (κ3) is 3.29. The summed E-state index contributed by atoms with van der Waals surface area (Å²) < 4.78 is 41.3. The van der Waals surface area contributed by atoms with Crippen LogP contribution in [0.3, 0.4) is 0 Å². The van der Waals surface area contributed by atoms with E-state index in [9.17, 15) is 13.2 Å². The Hall–Kier alpha value is -2.55. The number of aryl methyl sites for hydroxylation is 1. The minimum Gasteiger partial charge on any atom is -0.207 e. The molecule has 23 heavy (non-hydrogen) atoms. The molecule has 0 amide bonds. The van der Waals surface area contributed by atoms with Crippen molar-refractivity contribution in [1.82, 2.24) is 0 Å². The van der Waals surface area contributed by atoms with E-state index in [1.54, 1.807) is 37.3 Å². The van der Waals surface area contributed by atoms with E-state index in [0.717, 1.165) is 5.56 Å². The van der Waals surface area contributed by atoms with Crippen LogP contribution >= 0.6 is 0 Å². The van der Waals surface area contributed by atoms with Gasteiger partial charge in [-0.15, -0.1) is 0 Å². The van der Waals surface area contributed by atoms with Gasteiger partial charge in [0.25, 0.3) is 0 Å². The Morgan fingerprint density at radius 2 is 1.57 bits per heavy atom. The summed E-state index contributed by atoms with van der Waals surface area (Å²) in [5.41, 5.74) is 2.89. The van der Waals surface area contributed by atoms with Crippen LogP contribution in [0.2, 0.25) is 0 Å².